The number of aromatic nitrogens is 2. The Bertz CT molecular complexity index is 920. The molecule has 2 N–H and O–H groups in total. The summed E-state index contributed by atoms with van der Waals surface area (Å²) in [5, 5.41) is 18.9. The first kappa shape index (κ1) is 23.8. The first-order valence-corrected chi connectivity index (χ1v) is 9.81. The Morgan fingerprint density at radius 2 is 1.83 bits per heavy atom. The number of anilines is 1. The molecule has 2 aromatic carbocycles. The zero-order chi connectivity index (χ0) is 21.9. The van der Waals surface area contributed by atoms with Crippen LogP contribution in [0.3, 0.4) is 0 Å². The van der Waals surface area contributed by atoms with Crippen LogP contribution in [0.2, 0.25) is 15.1 Å². The third kappa shape index (κ3) is 8.87. The smallest absolute Gasteiger partial charge is 0.291 e. The predicted octanol–water partition coefficient (Wildman–Crippen LogP) is 5.19. The summed E-state index contributed by atoms with van der Waals surface area (Å²) in [5.74, 6) is 0. The molecule has 1 heterocycles. The molecule has 8 nitrogen and oxygen atoms in total. The average molecular weight is 474 g/mol. The maximum Gasteiger partial charge on any atom is 0.291 e. The number of benzene rings is 2. The summed E-state index contributed by atoms with van der Waals surface area (Å²) >= 11 is 18.1. The van der Waals surface area contributed by atoms with E-state index in [1.807, 2.05) is 41.1 Å². The Hall–Kier alpha value is -2.52. The van der Waals surface area contributed by atoms with Crippen molar-refractivity contribution in [2.24, 2.45) is 0 Å². The van der Waals surface area contributed by atoms with E-state index in [9.17, 15) is 0 Å². The fraction of sp³-hybridized carbons (Fsp3) is 0.211. The Morgan fingerprint density at radius 1 is 1.17 bits per heavy atom. The first-order chi connectivity index (χ1) is 14.3. The molecule has 0 bridgehead atoms. The number of imidazole rings is 1. The van der Waals surface area contributed by atoms with Gasteiger partial charge < -0.3 is 19.8 Å². The van der Waals surface area contributed by atoms with E-state index in [4.69, 9.17) is 54.9 Å². The minimum absolute atomic E-state index is 0.0772. The molecule has 1 atom stereocenters. The van der Waals surface area contributed by atoms with Gasteiger partial charge in [-0.05, 0) is 35.9 Å². The van der Waals surface area contributed by atoms with Crippen molar-refractivity contribution < 1.29 is 15.0 Å². The van der Waals surface area contributed by atoms with Crippen LogP contribution < -0.4 is 5.32 Å². The van der Waals surface area contributed by atoms with Gasteiger partial charge in [-0.2, -0.15) is 0 Å². The lowest BCUT2D eigenvalue weighted by atomic mass is 10.2. The number of halogens is 3. The highest BCUT2D eigenvalue weighted by molar-refractivity contribution is 6.36. The van der Waals surface area contributed by atoms with Crippen LogP contribution in [0, 0.1) is 10.1 Å². The highest BCUT2D eigenvalue weighted by Crippen LogP contribution is 2.25. The predicted molar refractivity (Wildman–Crippen MR) is 116 cm³/mol. The number of ether oxygens (including phenoxy) is 1. The largest absolute Gasteiger partial charge is 0.381 e. The van der Waals surface area contributed by atoms with Crippen molar-refractivity contribution in [1.29, 1.82) is 0 Å². The van der Waals surface area contributed by atoms with Crippen LogP contribution >= 0.6 is 34.8 Å². The molecule has 1 unspecified atom stereocenters. The summed E-state index contributed by atoms with van der Waals surface area (Å²) in [4.78, 5) is 12.4. The highest BCUT2D eigenvalue weighted by Gasteiger charge is 2.12. The van der Waals surface area contributed by atoms with Gasteiger partial charge in [0.05, 0.1) is 36.3 Å². The van der Waals surface area contributed by atoms with E-state index in [1.165, 1.54) is 0 Å². The van der Waals surface area contributed by atoms with E-state index in [2.05, 4.69) is 10.3 Å². The molecule has 0 amide bonds. The normalized spacial score (nSPS) is 11.3. The van der Waals surface area contributed by atoms with E-state index in [-0.39, 0.29) is 6.10 Å². The lowest BCUT2D eigenvalue weighted by Gasteiger charge is -2.20. The number of hydrogen-bond acceptors (Lipinski definition) is 5. The van der Waals surface area contributed by atoms with Crippen molar-refractivity contribution in [3.63, 3.8) is 0 Å². The molecule has 0 fully saturated rings. The fourth-order valence-electron chi connectivity index (χ4n) is 2.46. The maximum absolute atomic E-state index is 8.36. The molecule has 0 saturated carbocycles. The third-order valence-corrected chi connectivity index (χ3v) is 4.62. The minimum atomic E-state index is -1.50. The van der Waals surface area contributed by atoms with Crippen molar-refractivity contribution in [1.82, 2.24) is 9.55 Å². The molecule has 0 spiro atoms. The van der Waals surface area contributed by atoms with Crippen LogP contribution in [-0.4, -0.2) is 32.5 Å². The second kappa shape index (κ2) is 12.2. The molecule has 1 aromatic heterocycles. The van der Waals surface area contributed by atoms with Crippen LogP contribution in [0.5, 0.6) is 0 Å². The lowest BCUT2D eigenvalue weighted by molar-refractivity contribution is -0.742. The molecular formula is C19H19Cl3N4O4. The number of nitrogens with one attached hydrogen (secondary N) is 1. The van der Waals surface area contributed by atoms with Gasteiger partial charge in [0.15, 0.2) is 0 Å². The highest BCUT2D eigenvalue weighted by atomic mass is 35.5. The summed E-state index contributed by atoms with van der Waals surface area (Å²) in [6, 6.07) is 13.0. The van der Waals surface area contributed by atoms with E-state index in [0.717, 1.165) is 11.3 Å². The Labute approximate surface area is 188 Å². The SMILES string of the molecule is Clc1ccc(COC(CNc2ccc(Cl)cc2Cl)Cn2ccnc2)cc1.O=[N+]([O-])O. The van der Waals surface area contributed by atoms with Gasteiger partial charge in [0.1, 0.15) is 0 Å². The average Bonchev–Trinajstić information content (AvgIpc) is 3.19. The fourth-order valence-corrected chi connectivity index (χ4v) is 3.06. The van der Waals surface area contributed by atoms with Crippen LogP contribution in [0.25, 0.3) is 0 Å². The van der Waals surface area contributed by atoms with Crippen molar-refractivity contribution in [2.75, 3.05) is 11.9 Å². The molecule has 3 aromatic rings. The molecule has 160 valence electrons. The Balaban J connectivity index is 0.000000735. The monoisotopic (exact) mass is 472 g/mol. The quantitative estimate of drug-likeness (QED) is 0.345. The summed E-state index contributed by atoms with van der Waals surface area (Å²) in [6.45, 7) is 1.76. The lowest BCUT2D eigenvalue weighted by Crippen LogP contribution is -2.28. The van der Waals surface area contributed by atoms with E-state index >= 15 is 0 Å². The summed E-state index contributed by atoms with van der Waals surface area (Å²) in [5.41, 5.74) is 1.89. The minimum Gasteiger partial charge on any atom is -0.381 e. The second-order valence-electron chi connectivity index (χ2n) is 6.06. The summed E-state index contributed by atoms with van der Waals surface area (Å²) < 4.78 is 8.09. The molecule has 0 radical (unpaired) electrons. The molecule has 0 aliphatic carbocycles. The van der Waals surface area contributed by atoms with Gasteiger partial charge in [-0.1, -0.05) is 46.9 Å². The van der Waals surface area contributed by atoms with Gasteiger partial charge in [-0.3, -0.25) is 0 Å². The standard InChI is InChI=1S/C19H18Cl3N3O.HNO3/c20-15-3-1-14(2-4-15)12-26-17(11-25-8-7-23-13-25)10-24-19-6-5-16(21)9-18(19)22;2-1(3)4/h1-9,13,17,24H,10-12H2;(H,2,3,4). The van der Waals surface area contributed by atoms with Gasteiger partial charge in [-0.15, -0.1) is 10.1 Å². The zero-order valence-electron chi connectivity index (χ0n) is 15.6. The van der Waals surface area contributed by atoms with E-state index in [1.54, 1.807) is 24.7 Å². The van der Waals surface area contributed by atoms with E-state index in [0.29, 0.717) is 34.8 Å². The second-order valence-corrected chi connectivity index (χ2v) is 7.34. The molecule has 30 heavy (non-hydrogen) atoms. The maximum atomic E-state index is 8.36. The molecule has 3 rings (SSSR count). The summed E-state index contributed by atoms with van der Waals surface area (Å²) in [6.07, 6.45) is 5.35. The van der Waals surface area contributed by atoms with Crippen LogP contribution in [0.15, 0.2) is 61.2 Å². The van der Waals surface area contributed by atoms with Crippen molar-refractivity contribution in [3.8, 4) is 0 Å². The first-order valence-electron chi connectivity index (χ1n) is 8.67. The molecule has 0 saturated heterocycles. The van der Waals surface area contributed by atoms with Gasteiger partial charge in [-0.25, -0.2) is 4.98 Å². The van der Waals surface area contributed by atoms with Crippen LogP contribution in [0.4, 0.5) is 5.69 Å². The van der Waals surface area contributed by atoms with Gasteiger partial charge in [0.2, 0.25) is 0 Å². The van der Waals surface area contributed by atoms with Crippen LogP contribution in [0.1, 0.15) is 5.56 Å². The Kier molecular flexibility index (Phi) is 9.69. The molecular weight excluding hydrogens is 455 g/mol. The van der Waals surface area contributed by atoms with Crippen molar-refractivity contribution in [2.45, 2.75) is 19.3 Å². The van der Waals surface area contributed by atoms with Gasteiger partial charge >= 0.3 is 0 Å². The molecule has 0 aliphatic rings. The summed E-state index contributed by atoms with van der Waals surface area (Å²) in [7, 11) is 0. The molecule has 11 heteroatoms. The van der Waals surface area contributed by atoms with Crippen molar-refractivity contribution in [3.05, 3.63) is 91.9 Å². The van der Waals surface area contributed by atoms with Gasteiger partial charge in [0.25, 0.3) is 5.09 Å². The third-order valence-electron chi connectivity index (χ3n) is 3.82. The van der Waals surface area contributed by atoms with Crippen LogP contribution in [-0.2, 0) is 17.9 Å². The van der Waals surface area contributed by atoms with E-state index < -0.39 is 5.09 Å². The van der Waals surface area contributed by atoms with Crippen molar-refractivity contribution >= 4 is 40.5 Å². The zero-order valence-corrected chi connectivity index (χ0v) is 17.9. The van der Waals surface area contributed by atoms with Gasteiger partial charge in [0, 0.05) is 29.0 Å². The molecule has 0 aliphatic heterocycles. The Morgan fingerprint density at radius 3 is 2.43 bits per heavy atom. The number of nitrogens with zero attached hydrogens (tertiary/aromatic N) is 3. The number of hydrogen-bond donors (Lipinski definition) is 2. The number of rotatable bonds is 8. The topological polar surface area (TPSA) is 102 Å².